The monoisotopic (exact) mass is 499 g/mol. The summed E-state index contributed by atoms with van der Waals surface area (Å²) in [5, 5.41) is 5.80. The van der Waals surface area contributed by atoms with Crippen molar-refractivity contribution in [2.75, 3.05) is 42.7 Å². The third kappa shape index (κ3) is 5.19. The topological polar surface area (TPSA) is 114 Å². The molecule has 5 rings (SSSR count). The molecule has 2 aromatic carbocycles. The van der Waals surface area contributed by atoms with E-state index in [0.29, 0.717) is 61.6 Å². The normalized spacial score (nSPS) is 21.3. The van der Waals surface area contributed by atoms with Crippen molar-refractivity contribution >= 4 is 33.0 Å². The summed E-state index contributed by atoms with van der Waals surface area (Å²) in [4.78, 5) is 27.5. The lowest BCUT2D eigenvalue weighted by Crippen LogP contribution is -2.47. The van der Waals surface area contributed by atoms with Crippen LogP contribution in [0, 0.1) is 6.92 Å². The number of fused-ring (bicyclic) bond motifs is 1. The van der Waals surface area contributed by atoms with E-state index in [4.69, 9.17) is 9.47 Å². The second-order valence-corrected chi connectivity index (χ2v) is 11.5. The number of ether oxygens (including phenoxy) is 2. The van der Waals surface area contributed by atoms with Crippen molar-refractivity contribution in [1.29, 1.82) is 0 Å². The van der Waals surface area contributed by atoms with Crippen LogP contribution in [0.5, 0.6) is 0 Å². The zero-order chi connectivity index (χ0) is 24.6. The Balaban J connectivity index is 1.23. The van der Waals surface area contributed by atoms with Crippen molar-refractivity contribution in [3.8, 4) is 0 Å². The second kappa shape index (κ2) is 9.25. The number of amides is 2. The summed E-state index contributed by atoms with van der Waals surface area (Å²) in [5.41, 5.74) is 3.18. The van der Waals surface area contributed by atoms with Crippen LogP contribution in [0.4, 0.5) is 11.4 Å². The van der Waals surface area contributed by atoms with Gasteiger partial charge in [0.15, 0.2) is 15.6 Å². The number of likely N-dealkylation sites (tertiary alicyclic amines) is 1. The molecule has 3 heterocycles. The molecule has 9 nitrogen and oxygen atoms in total. The van der Waals surface area contributed by atoms with Crippen LogP contribution < -0.4 is 10.6 Å². The SMILES string of the molecule is Cc1cccc(CS(=O)(=O)C[C@@H]2Nc3ccc(C(=O)N4CCC5(CC4)OCCO5)cc3NC2=O)c1. The van der Waals surface area contributed by atoms with E-state index in [1.165, 1.54) is 0 Å². The minimum absolute atomic E-state index is 0.127. The highest BCUT2D eigenvalue weighted by molar-refractivity contribution is 7.90. The number of benzene rings is 2. The molecule has 0 bridgehead atoms. The van der Waals surface area contributed by atoms with Crippen LogP contribution in [-0.2, 0) is 29.9 Å². The van der Waals surface area contributed by atoms with Gasteiger partial charge in [-0.15, -0.1) is 0 Å². The van der Waals surface area contributed by atoms with Gasteiger partial charge in [0.1, 0.15) is 6.04 Å². The van der Waals surface area contributed by atoms with Crippen molar-refractivity contribution < 1.29 is 27.5 Å². The molecule has 0 unspecified atom stereocenters. The Morgan fingerprint density at radius 3 is 2.54 bits per heavy atom. The molecule has 35 heavy (non-hydrogen) atoms. The maximum Gasteiger partial charge on any atom is 0.253 e. The number of anilines is 2. The van der Waals surface area contributed by atoms with Gasteiger partial charge in [-0.25, -0.2) is 8.42 Å². The lowest BCUT2D eigenvalue weighted by atomic mass is 10.0. The molecule has 10 heteroatoms. The largest absolute Gasteiger partial charge is 0.371 e. The average Bonchev–Trinajstić information content (AvgIpc) is 3.26. The van der Waals surface area contributed by atoms with Crippen molar-refractivity contribution in [1.82, 2.24) is 4.90 Å². The molecule has 0 saturated carbocycles. The van der Waals surface area contributed by atoms with Gasteiger partial charge in [0.05, 0.1) is 36.1 Å². The number of nitrogens with zero attached hydrogens (tertiary/aromatic N) is 1. The Hall–Kier alpha value is -2.95. The predicted octanol–water partition coefficient (Wildman–Crippen LogP) is 2.32. The van der Waals surface area contributed by atoms with E-state index in [2.05, 4.69) is 10.6 Å². The second-order valence-electron chi connectivity index (χ2n) is 9.39. The fraction of sp³-hybridized carbons (Fsp3) is 0.440. The Morgan fingerprint density at radius 2 is 1.83 bits per heavy atom. The van der Waals surface area contributed by atoms with E-state index >= 15 is 0 Å². The van der Waals surface area contributed by atoms with E-state index in [1.54, 1.807) is 29.2 Å². The zero-order valence-electron chi connectivity index (χ0n) is 19.6. The van der Waals surface area contributed by atoms with Gasteiger partial charge in [0.25, 0.3) is 5.91 Å². The van der Waals surface area contributed by atoms with Crippen LogP contribution in [0.2, 0.25) is 0 Å². The number of carbonyl (C=O) groups excluding carboxylic acids is 2. The van der Waals surface area contributed by atoms with Gasteiger partial charge in [-0.1, -0.05) is 29.8 Å². The maximum absolute atomic E-state index is 13.1. The Bertz CT molecular complexity index is 1250. The van der Waals surface area contributed by atoms with E-state index < -0.39 is 27.6 Å². The number of carbonyl (C=O) groups is 2. The van der Waals surface area contributed by atoms with Crippen molar-refractivity contribution in [3.63, 3.8) is 0 Å². The van der Waals surface area contributed by atoms with Crippen LogP contribution in [0.25, 0.3) is 0 Å². The molecular formula is C25H29N3O6S. The lowest BCUT2D eigenvalue weighted by molar-refractivity contribution is -0.181. The first-order chi connectivity index (χ1) is 16.7. The number of nitrogens with one attached hydrogen (secondary N) is 2. The molecule has 2 aromatic rings. The Morgan fingerprint density at radius 1 is 1.09 bits per heavy atom. The van der Waals surface area contributed by atoms with Gasteiger partial charge in [-0.3, -0.25) is 9.59 Å². The van der Waals surface area contributed by atoms with Gasteiger partial charge in [-0.05, 0) is 30.7 Å². The molecule has 0 radical (unpaired) electrons. The van der Waals surface area contributed by atoms with E-state index in [-0.39, 0.29) is 17.4 Å². The molecule has 2 amide bonds. The molecule has 3 aliphatic rings. The molecule has 2 saturated heterocycles. The zero-order valence-corrected chi connectivity index (χ0v) is 20.4. The summed E-state index contributed by atoms with van der Waals surface area (Å²) in [7, 11) is -3.54. The fourth-order valence-electron chi connectivity index (χ4n) is 4.88. The van der Waals surface area contributed by atoms with Crippen LogP contribution >= 0.6 is 0 Å². The number of sulfone groups is 1. The van der Waals surface area contributed by atoms with Crippen molar-refractivity contribution in [2.45, 2.75) is 37.3 Å². The molecule has 1 atom stereocenters. The van der Waals surface area contributed by atoms with E-state index in [9.17, 15) is 18.0 Å². The quantitative estimate of drug-likeness (QED) is 0.649. The van der Waals surface area contributed by atoms with Crippen LogP contribution in [0.1, 0.15) is 34.3 Å². The van der Waals surface area contributed by atoms with Gasteiger partial charge >= 0.3 is 0 Å². The lowest BCUT2D eigenvalue weighted by Gasteiger charge is -2.37. The van der Waals surface area contributed by atoms with Gasteiger partial charge in [-0.2, -0.15) is 0 Å². The summed E-state index contributed by atoms with van der Waals surface area (Å²) >= 11 is 0. The summed E-state index contributed by atoms with van der Waals surface area (Å²) in [5.74, 6) is -1.58. The molecular weight excluding hydrogens is 470 g/mol. The summed E-state index contributed by atoms with van der Waals surface area (Å²) in [6.07, 6.45) is 1.25. The minimum Gasteiger partial charge on any atom is -0.371 e. The fourth-order valence-corrected chi connectivity index (χ4v) is 6.43. The summed E-state index contributed by atoms with van der Waals surface area (Å²) in [6.45, 7) is 4.13. The highest BCUT2D eigenvalue weighted by Crippen LogP contribution is 2.33. The van der Waals surface area contributed by atoms with Crippen LogP contribution in [0.15, 0.2) is 42.5 Å². The molecule has 0 aromatic heterocycles. The molecule has 186 valence electrons. The average molecular weight is 500 g/mol. The first-order valence-corrected chi connectivity index (χ1v) is 13.6. The van der Waals surface area contributed by atoms with Crippen LogP contribution in [-0.4, -0.2) is 69.0 Å². The van der Waals surface area contributed by atoms with Gasteiger partial charge in [0, 0.05) is 31.5 Å². The third-order valence-electron chi connectivity index (χ3n) is 6.69. The molecule has 2 N–H and O–H groups in total. The third-order valence-corrected chi connectivity index (χ3v) is 8.30. The first kappa shape index (κ1) is 23.8. The molecule has 2 fully saturated rings. The number of piperidine rings is 1. The van der Waals surface area contributed by atoms with Gasteiger partial charge in [0.2, 0.25) is 5.91 Å². The van der Waals surface area contributed by atoms with Crippen LogP contribution in [0.3, 0.4) is 0 Å². The Kier molecular flexibility index (Phi) is 6.29. The minimum atomic E-state index is -3.54. The highest BCUT2D eigenvalue weighted by Gasteiger charge is 2.41. The number of rotatable bonds is 5. The molecule has 0 aliphatic carbocycles. The van der Waals surface area contributed by atoms with Gasteiger partial charge < -0.3 is 25.0 Å². The van der Waals surface area contributed by atoms with E-state index in [1.807, 2.05) is 25.1 Å². The van der Waals surface area contributed by atoms with Crippen molar-refractivity contribution in [2.24, 2.45) is 0 Å². The molecule has 1 spiro atoms. The highest BCUT2D eigenvalue weighted by atomic mass is 32.2. The number of aryl methyl sites for hydroxylation is 1. The summed E-state index contributed by atoms with van der Waals surface area (Å²) in [6, 6.07) is 11.4. The smallest absolute Gasteiger partial charge is 0.253 e. The maximum atomic E-state index is 13.1. The predicted molar refractivity (Wildman–Crippen MR) is 131 cm³/mol. The summed E-state index contributed by atoms with van der Waals surface area (Å²) < 4.78 is 37.0. The van der Waals surface area contributed by atoms with Crippen molar-refractivity contribution in [3.05, 3.63) is 59.2 Å². The molecule has 3 aliphatic heterocycles. The Labute approximate surface area is 204 Å². The first-order valence-electron chi connectivity index (χ1n) is 11.8. The number of hydrogen-bond donors (Lipinski definition) is 2. The number of hydrogen-bond acceptors (Lipinski definition) is 7. The van der Waals surface area contributed by atoms with E-state index in [0.717, 1.165) is 5.56 Å². The standard InChI is InChI=1S/C25H29N3O6S/c1-17-3-2-4-18(13-17)15-35(31,32)16-22-23(29)27-21-14-19(5-6-20(21)26-22)24(30)28-9-7-25(8-10-28)33-11-12-34-25/h2-6,13-14,22,26H,7-12,15-16H2,1H3,(H,27,29)/t22-/m0/s1.